The molecule has 0 unspecified atom stereocenters. The first-order chi connectivity index (χ1) is 6.19. The van der Waals surface area contributed by atoms with Gasteiger partial charge in [-0.3, -0.25) is 0 Å². The van der Waals surface area contributed by atoms with Gasteiger partial charge in [0.2, 0.25) is 0 Å². The molecule has 1 aromatic rings. The van der Waals surface area contributed by atoms with Crippen molar-refractivity contribution in [2.75, 3.05) is 24.5 Å². The van der Waals surface area contributed by atoms with E-state index in [0.29, 0.717) is 5.02 Å². The van der Waals surface area contributed by atoms with Crippen molar-refractivity contribution >= 4 is 33.2 Å². The summed E-state index contributed by atoms with van der Waals surface area (Å²) in [5.74, 6) is 0.825. The number of nitrogens with zero attached hydrogens (tertiary/aromatic N) is 1. The maximum atomic E-state index is 5.88. The van der Waals surface area contributed by atoms with E-state index in [1.54, 1.807) is 7.11 Å². The summed E-state index contributed by atoms with van der Waals surface area (Å²) >= 11 is 9.24. The van der Waals surface area contributed by atoms with Gasteiger partial charge in [0.1, 0.15) is 5.75 Å². The van der Waals surface area contributed by atoms with Crippen molar-refractivity contribution in [3.05, 3.63) is 23.2 Å². The maximum Gasteiger partial charge on any atom is 0.142 e. The Hall–Kier alpha value is -0.410. The summed E-state index contributed by atoms with van der Waals surface area (Å²) in [5, 5.41) is 0.712. The second kappa shape index (κ2) is 4.72. The smallest absolute Gasteiger partial charge is 0.142 e. The molecule has 72 valence electrons. The summed E-state index contributed by atoms with van der Waals surface area (Å²) in [6.45, 7) is 0. The SMILES string of the molecule is COc1ccc(Cl)cc1N(C)CBr. The van der Waals surface area contributed by atoms with E-state index in [1.807, 2.05) is 30.1 Å². The van der Waals surface area contributed by atoms with Crippen LogP contribution in [0.4, 0.5) is 5.69 Å². The van der Waals surface area contributed by atoms with Gasteiger partial charge < -0.3 is 9.64 Å². The van der Waals surface area contributed by atoms with Crippen molar-refractivity contribution in [1.82, 2.24) is 0 Å². The largest absolute Gasteiger partial charge is 0.495 e. The monoisotopic (exact) mass is 263 g/mol. The Labute approximate surface area is 91.6 Å². The van der Waals surface area contributed by atoms with Gasteiger partial charge in [-0.1, -0.05) is 27.5 Å². The molecule has 1 aromatic carbocycles. The first kappa shape index (κ1) is 10.7. The normalized spacial score (nSPS) is 9.85. The third-order valence-electron chi connectivity index (χ3n) is 1.73. The zero-order chi connectivity index (χ0) is 9.84. The molecule has 1 rings (SSSR count). The molecule has 0 aliphatic rings. The quantitative estimate of drug-likeness (QED) is 0.614. The highest BCUT2D eigenvalue weighted by atomic mass is 79.9. The van der Waals surface area contributed by atoms with E-state index in [-0.39, 0.29) is 0 Å². The zero-order valence-electron chi connectivity index (χ0n) is 7.55. The first-order valence-electron chi connectivity index (χ1n) is 3.79. The number of methoxy groups -OCH3 is 1. The number of hydrogen-bond donors (Lipinski definition) is 0. The van der Waals surface area contributed by atoms with Gasteiger partial charge in [0.05, 0.1) is 18.3 Å². The Morgan fingerprint density at radius 3 is 2.77 bits per heavy atom. The van der Waals surface area contributed by atoms with Gasteiger partial charge in [-0.25, -0.2) is 0 Å². The van der Waals surface area contributed by atoms with Gasteiger partial charge in [-0.15, -0.1) is 0 Å². The van der Waals surface area contributed by atoms with Crippen LogP contribution in [0.15, 0.2) is 18.2 Å². The number of anilines is 1. The van der Waals surface area contributed by atoms with Crippen molar-refractivity contribution in [2.24, 2.45) is 0 Å². The predicted octanol–water partition coefficient (Wildman–Crippen LogP) is 3.14. The van der Waals surface area contributed by atoms with Gasteiger partial charge in [-0.2, -0.15) is 0 Å². The highest BCUT2D eigenvalue weighted by molar-refractivity contribution is 9.09. The summed E-state index contributed by atoms with van der Waals surface area (Å²) in [4.78, 5) is 2.00. The summed E-state index contributed by atoms with van der Waals surface area (Å²) in [7, 11) is 3.61. The molecule has 0 spiro atoms. The Kier molecular flexibility index (Phi) is 3.88. The molecule has 0 bridgehead atoms. The van der Waals surface area contributed by atoms with E-state index in [9.17, 15) is 0 Å². The summed E-state index contributed by atoms with van der Waals surface area (Å²) in [6, 6.07) is 5.55. The standard InChI is InChI=1S/C9H11BrClNO/c1-12(6-10)8-5-7(11)3-4-9(8)13-2/h3-5H,6H2,1-2H3. The molecule has 0 aliphatic heterocycles. The van der Waals surface area contributed by atoms with Crippen molar-refractivity contribution in [3.8, 4) is 5.75 Å². The molecule has 0 atom stereocenters. The topological polar surface area (TPSA) is 12.5 Å². The van der Waals surface area contributed by atoms with Crippen LogP contribution >= 0.6 is 27.5 Å². The fourth-order valence-corrected chi connectivity index (χ4v) is 1.46. The Bertz CT molecular complexity index is 293. The third-order valence-corrected chi connectivity index (χ3v) is 2.72. The molecule has 2 nitrogen and oxygen atoms in total. The van der Waals surface area contributed by atoms with Gasteiger partial charge in [0, 0.05) is 12.1 Å². The Morgan fingerprint density at radius 1 is 1.54 bits per heavy atom. The van der Waals surface area contributed by atoms with Crippen LogP contribution in [0.5, 0.6) is 5.75 Å². The van der Waals surface area contributed by atoms with Crippen molar-refractivity contribution in [2.45, 2.75) is 0 Å². The van der Waals surface area contributed by atoms with Crippen LogP contribution in [0.25, 0.3) is 0 Å². The second-order valence-electron chi connectivity index (χ2n) is 2.63. The van der Waals surface area contributed by atoms with Crippen LogP contribution in [-0.2, 0) is 0 Å². The molecule has 0 heterocycles. The third kappa shape index (κ3) is 2.51. The minimum atomic E-state index is 0.712. The van der Waals surface area contributed by atoms with Crippen molar-refractivity contribution in [3.63, 3.8) is 0 Å². The fraction of sp³-hybridized carbons (Fsp3) is 0.333. The molecule has 0 aliphatic carbocycles. The Morgan fingerprint density at radius 2 is 2.23 bits per heavy atom. The average molecular weight is 265 g/mol. The minimum absolute atomic E-state index is 0.712. The second-order valence-corrected chi connectivity index (χ2v) is 3.57. The van der Waals surface area contributed by atoms with Gasteiger partial charge in [-0.05, 0) is 18.2 Å². The number of alkyl halides is 1. The number of hydrogen-bond acceptors (Lipinski definition) is 2. The lowest BCUT2D eigenvalue weighted by Crippen LogP contribution is -2.14. The lowest BCUT2D eigenvalue weighted by molar-refractivity contribution is 0.415. The minimum Gasteiger partial charge on any atom is -0.495 e. The molecule has 4 heteroatoms. The van der Waals surface area contributed by atoms with Crippen LogP contribution in [0.2, 0.25) is 5.02 Å². The van der Waals surface area contributed by atoms with Gasteiger partial charge in [0.25, 0.3) is 0 Å². The lowest BCUT2D eigenvalue weighted by atomic mass is 10.3. The van der Waals surface area contributed by atoms with E-state index < -0.39 is 0 Å². The average Bonchev–Trinajstić information content (AvgIpc) is 2.16. The number of rotatable bonds is 3. The molecule has 0 saturated carbocycles. The van der Waals surface area contributed by atoms with E-state index in [1.165, 1.54) is 0 Å². The Balaban J connectivity index is 3.07. The van der Waals surface area contributed by atoms with Crippen LogP contribution in [0.3, 0.4) is 0 Å². The summed E-state index contributed by atoms with van der Waals surface area (Å²) < 4.78 is 5.20. The van der Waals surface area contributed by atoms with Crippen LogP contribution in [-0.4, -0.2) is 19.6 Å². The van der Waals surface area contributed by atoms with Crippen molar-refractivity contribution < 1.29 is 4.74 Å². The molecule has 0 radical (unpaired) electrons. The highest BCUT2D eigenvalue weighted by Gasteiger charge is 2.06. The maximum absolute atomic E-state index is 5.88. The van der Waals surface area contributed by atoms with E-state index in [0.717, 1.165) is 16.9 Å². The van der Waals surface area contributed by atoms with E-state index >= 15 is 0 Å². The van der Waals surface area contributed by atoms with Crippen LogP contribution < -0.4 is 9.64 Å². The first-order valence-corrected chi connectivity index (χ1v) is 5.29. The predicted molar refractivity (Wildman–Crippen MR) is 60.2 cm³/mol. The van der Waals surface area contributed by atoms with Crippen LogP contribution in [0, 0.1) is 0 Å². The number of ether oxygens (including phenoxy) is 1. The molecule has 13 heavy (non-hydrogen) atoms. The molecule has 0 N–H and O–H groups in total. The number of benzene rings is 1. The molecule has 0 amide bonds. The number of halogens is 2. The fourth-order valence-electron chi connectivity index (χ4n) is 1.03. The van der Waals surface area contributed by atoms with E-state index in [2.05, 4.69) is 15.9 Å². The van der Waals surface area contributed by atoms with Gasteiger partial charge >= 0.3 is 0 Å². The zero-order valence-corrected chi connectivity index (χ0v) is 9.89. The molecule has 0 saturated heterocycles. The molecular weight excluding hydrogens is 253 g/mol. The van der Waals surface area contributed by atoms with Crippen molar-refractivity contribution in [1.29, 1.82) is 0 Å². The molecular formula is C9H11BrClNO. The van der Waals surface area contributed by atoms with E-state index in [4.69, 9.17) is 16.3 Å². The lowest BCUT2D eigenvalue weighted by Gasteiger charge is -2.18. The summed E-state index contributed by atoms with van der Waals surface area (Å²) in [6.07, 6.45) is 0. The summed E-state index contributed by atoms with van der Waals surface area (Å²) in [5.41, 5.74) is 1.72. The highest BCUT2D eigenvalue weighted by Crippen LogP contribution is 2.30. The van der Waals surface area contributed by atoms with Gasteiger partial charge in [0.15, 0.2) is 0 Å². The molecule has 0 fully saturated rings. The molecule has 0 aromatic heterocycles. The van der Waals surface area contributed by atoms with Crippen LogP contribution in [0.1, 0.15) is 0 Å².